The number of alkyl halides is 2. The van der Waals surface area contributed by atoms with E-state index in [9.17, 15) is 26.8 Å². The summed E-state index contributed by atoms with van der Waals surface area (Å²) < 4.78 is 60.5. The molecule has 0 aromatic heterocycles. The van der Waals surface area contributed by atoms with Crippen LogP contribution in [-0.4, -0.2) is 34.1 Å². The van der Waals surface area contributed by atoms with Gasteiger partial charge in [0.05, 0.1) is 12.0 Å². The van der Waals surface area contributed by atoms with Crippen LogP contribution in [-0.2, 0) is 16.6 Å². The van der Waals surface area contributed by atoms with Crippen molar-refractivity contribution < 1.29 is 36.3 Å². The van der Waals surface area contributed by atoms with E-state index >= 15 is 0 Å². The lowest BCUT2D eigenvalue weighted by Crippen LogP contribution is -2.30. The van der Waals surface area contributed by atoms with Crippen LogP contribution in [0.3, 0.4) is 0 Å². The Morgan fingerprint density at radius 3 is 2.31 bits per heavy atom. The zero-order valence-electron chi connectivity index (χ0n) is 15.0. The van der Waals surface area contributed by atoms with Crippen LogP contribution >= 0.6 is 0 Å². The molecule has 0 spiro atoms. The van der Waals surface area contributed by atoms with Gasteiger partial charge in [-0.1, -0.05) is 12.1 Å². The number of benzene rings is 2. The SMILES string of the molecule is COc1cc(C(=O)NS(=O)(=O)c2ccc(CNC(N)=O)cc2)ccc1OC(F)F. The second-order valence-corrected chi connectivity index (χ2v) is 7.22. The molecule has 2 aromatic carbocycles. The first kappa shape index (κ1) is 21.9. The van der Waals surface area contributed by atoms with Crippen molar-refractivity contribution in [1.29, 1.82) is 0 Å². The van der Waals surface area contributed by atoms with E-state index in [2.05, 4.69) is 10.1 Å². The van der Waals surface area contributed by atoms with Crippen molar-refractivity contribution in [3.8, 4) is 11.5 Å². The first-order valence-electron chi connectivity index (χ1n) is 7.94. The summed E-state index contributed by atoms with van der Waals surface area (Å²) in [5.41, 5.74) is 5.40. The average Bonchev–Trinajstić information content (AvgIpc) is 2.66. The summed E-state index contributed by atoms with van der Waals surface area (Å²) in [5.74, 6) is -1.46. The molecule has 0 bridgehead atoms. The summed E-state index contributed by atoms with van der Waals surface area (Å²) in [4.78, 5) is 22.8. The summed E-state index contributed by atoms with van der Waals surface area (Å²) in [5, 5.41) is 2.35. The Bertz CT molecular complexity index is 997. The molecular formula is C17H17F2N3O6S. The fraction of sp³-hybridized carbons (Fsp3) is 0.176. The molecule has 0 aliphatic carbocycles. The fourth-order valence-corrected chi connectivity index (χ4v) is 3.19. The number of hydrogen-bond acceptors (Lipinski definition) is 6. The van der Waals surface area contributed by atoms with Crippen LogP contribution in [0.25, 0.3) is 0 Å². The number of nitrogens with two attached hydrogens (primary N) is 1. The van der Waals surface area contributed by atoms with Crippen molar-refractivity contribution in [2.75, 3.05) is 7.11 Å². The number of carbonyl (C=O) groups is 2. The van der Waals surface area contributed by atoms with Crippen molar-refractivity contribution in [2.24, 2.45) is 5.73 Å². The number of hydrogen-bond donors (Lipinski definition) is 3. The number of urea groups is 1. The number of halogens is 2. The van der Waals surface area contributed by atoms with Crippen LogP contribution in [0.2, 0.25) is 0 Å². The third-order valence-electron chi connectivity index (χ3n) is 3.57. The Labute approximate surface area is 164 Å². The van der Waals surface area contributed by atoms with E-state index in [4.69, 9.17) is 10.5 Å². The molecule has 0 unspecified atom stereocenters. The summed E-state index contributed by atoms with van der Waals surface area (Å²) in [6.07, 6.45) is 0. The van der Waals surface area contributed by atoms with Gasteiger partial charge in [-0.2, -0.15) is 8.78 Å². The smallest absolute Gasteiger partial charge is 0.387 e. The van der Waals surface area contributed by atoms with E-state index < -0.39 is 28.6 Å². The van der Waals surface area contributed by atoms with Gasteiger partial charge < -0.3 is 20.5 Å². The zero-order chi connectivity index (χ0) is 21.6. The minimum atomic E-state index is -4.21. The Balaban J connectivity index is 2.15. The monoisotopic (exact) mass is 429 g/mol. The molecule has 9 nitrogen and oxygen atoms in total. The molecule has 0 aliphatic heterocycles. The highest BCUT2D eigenvalue weighted by atomic mass is 32.2. The van der Waals surface area contributed by atoms with E-state index in [0.717, 1.165) is 18.2 Å². The molecule has 12 heteroatoms. The molecule has 0 fully saturated rings. The Hall–Kier alpha value is -3.41. The number of rotatable bonds is 8. The Morgan fingerprint density at radius 2 is 1.76 bits per heavy atom. The number of carbonyl (C=O) groups excluding carboxylic acids is 2. The van der Waals surface area contributed by atoms with E-state index in [0.29, 0.717) is 5.56 Å². The highest BCUT2D eigenvalue weighted by molar-refractivity contribution is 7.90. The Morgan fingerprint density at radius 1 is 1.10 bits per heavy atom. The minimum Gasteiger partial charge on any atom is -0.493 e. The second kappa shape index (κ2) is 9.19. The number of amides is 3. The number of nitrogens with one attached hydrogen (secondary N) is 2. The predicted octanol–water partition coefficient (Wildman–Crippen LogP) is 1.58. The molecule has 3 amide bonds. The first-order valence-corrected chi connectivity index (χ1v) is 9.43. The molecule has 4 N–H and O–H groups in total. The highest BCUT2D eigenvalue weighted by Gasteiger charge is 2.20. The van der Waals surface area contributed by atoms with Crippen LogP contribution in [0, 0.1) is 0 Å². The molecule has 0 aliphatic rings. The number of primary amides is 1. The molecule has 0 radical (unpaired) electrons. The van der Waals surface area contributed by atoms with Gasteiger partial charge in [0.15, 0.2) is 11.5 Å². The topological polar surface area (TPSA) is 137 Å². The molecule has 156 valence electrons. The maximum absolute atomic E-state index is 12.4. The highest BCUT2D eigenvalue weighted by Crippen LogP contribution is 2.29. The van der Waals surface area contributed by atoms with Crippen LogP contribution < -0.4 is 25.2 Å². The summed E-state index contributed by atoms with van der Waals surface area (Å²) in [7, 11) is -3.03. The van der Waals surface area contributed by atoms with Crippen molar-refractivity contribution in [1.82, 2.24) is 10.0 Å². The third kappa shape index (κ3) is 6.04. The average molecular weight is 429 g/mol. The van der Waals surface area contributed by atoms with Crippen LogP contribution in [0.15, 0.2) is 47.4 Å². The van der Waals surface area contributed by atoms with Gasteiger partial charge in [-0.15, -0.1) is 0 Å². The molecule has 2 aromatic rings. The predicted molar refractivity (Wildman–Crippen MR) is 97.1 cm³/mol. The van der Waals surface area contributed by atoms with Crippen LogP contribution in [0.1, 0.15) is 15.9 Å². The lowest BCUT2D eigenvalue weighted by Gasteiger charge is -2.12. The fourth-order valence-electron chi connectivity index (χ4n) is 2.22. The molecule has 29 heavy (non-hydrogen) atoms. The van der Waals surface area contributed by atoms with Gasteiger partial charge in [-0.3, -0.25) is 4.79 Å². The normalized spacial score (nSPS) is 11.0. The lowest BCUT2D eigenvalue weighted by atomic mass is 10.2. The molecule has 0 saturated carbocycles. The molecule has 2 rings (SSSR count). The summed E-state index contributed by atoms with van der Waals surface area (Å²) in [6, 6.07) is 7.89. The maximum Gasteiger partial charge on any atom is 0.387 e. The zero-order valence-corrected chi connectivity index (χ0v) is 15.8. The molecular weight excluding hydrogens is 412 g/mol. The van der Waals surface area contributed by atoms with Gasteiger partial charge >= 0.3 is 12.6 Å². The largest absolute Gasteiger partial charge is 0.493 e. The number of methoxy groups -OCH3 is 1. The van der Waals surface area contributed by atoms with Crippen molar-refractivity contribution in [3.05, 3.63) is 53.6 Å². The first-order chi connectivity index (χ1) is 13.6. The standard InChI is InChI=1S/C17H17F2N3O6S/c1-27-14-8-11(4-7-13(14)28-16(18)19)15(23)22-29(25,26)12-5-2-10(3-6-12)9-21-17(20)24/h2-8,16H,9H2,1H3,(H,22,23)(H3,20,21,24). The van der Waals surface area contributed by atoms with Crippen LogP contribution in [0.4, 0.5) is 13.6 Å². The van der Waals surface area contributed by atoms with E-state index in [1.807, 2.05) is 4.72 Å². The number of sulfonamides is 1. The van der Waals surface area contributed by atoms with Gasteiger partial charge in [-0.25, -0.2) is 17.9 Å². The summed E-state index contributed by atoms with van der Waals surface area (Å²) in [6.45, 7) is -2.99. The molecule has 0 atom stereocenters. The quantitative estimate of drug-likeness (QED) is 0.583. The Kier molecular flexibility index (Phi) is 6.93. The molecule has 0 saturated heterocycles. The summed E-state index contributed by atoms with van der Waals surface area (Å²) >= 11 is 0. The molecule has 0 heterocycles. The van der Waals surface area contributed by atoms with E-state index in [1.165, 1.54) is 31.4 Å². The lowest BCUT2D eigenvalue weighted by molar-refractivity contribution is -0.0512. The van der Waals surface area contributed by atoms with Gasteiger partial charge in [0.2, 0.25) is 0 Å². The van der Waals surface area contributed by atoms with Gasteiger partial charge in [-0.05, 0) is 35.9 Å². The van der Waals surface area contributed by atoms with Gasteiger partial charge in [0.1, 0.15) is 0 Å². The maximum atomic E-state index is 12.4. The minimum absolute atomic E-state index is 0.106. The van der Waals surface area contributed by atoms with E-state index in [1.54, 1.807) is 0 Å². The third-order valence-corrected chi connectivity index (χ3v) is 4.92. The van der Waals surface area contributed by atoms with Gasteiger partial charge in [0, 0.05) is 12.1 Å². The van der Waals surface area contributed by atoms with Crippen molar-refractivity contribution in [3.63, 3.8) is 0 Å². The van der Waals surface area contributed by atoms with Crippen LogP contribution in [0.5, 0.6) is 11.5 Å². The van der Waals surface area contributed by atoms with Crippen molar-refractivity contribution >= 4 is 22.0 Å². The van der Waals surface area contributed by atoms with Gasteiger partial charge in [0.25, 0.3) is 15.9 Å². The van der Waals surface area contributed by atoms with Crippen molar-refractivity contribution in [2.45, 2.75) is 18.1 Å². The number of ether oxygens (including phenoxy) is 2. The van der Waals surface area contributed by atoms with E-state index in [-0.39, 0.29) is 28.5 Å². The second-order valence-electron chi connectivity index (χ2n) is 5.54.